The van der Waals surface area contributed by atoms with Crippen molar-refractivity contribution in [1.82, 2.24) is 19.6 Å². The lowest BCUT2D eigenvalue weighted by atomic mass is 10.0. The molecule has 0 radical (unpaired) electrons. The zero-order valence-corrected chi connectivity index (χ0v) is 17.0. The van der Waals surface area contributed by atoms with Gasteiger partial charge in [0.25, 0.3) is 0 Å². The van der Waals surface area contributed by atoms with E-state index in [4.69, 9.17) is 4.74 Å². The van der Waals surface area contributed by atoms with Gasteiger partial charge in [0.2, 0.25) is 0 Å². The largest absolute Gasteiger partial charge is 0.496 e. The first-order chi connectivity index (χ1) is 13.0. The van der Waals surface area contributed by atoms with E-state index in [0.29, 0.717) is 6.04 Å². The normalized spacial score (nSPS) is 18.8. The molecule has 6 nitrogen and oxygen atoms in total. The van der Waals surface area contributed by atoms with Gasteiger partial charge < -0.3 is 9.84 Å². The van der Waals surface area contributed by atoms with Crippen molar-refractivity contribution < 1.29 is 9.84 Å². The van der Waals surface area contributed by atoms with Crippen molar-refractivity contribution in [3.05, 3.63) is 46.8 Å². The number of piperazine rings is 1. The van der Waals surface area contributed by atoms with Crippen LogP contribution in [-0.4, -0.2) is 64.1 Å². The van der Waals surface area contributed by atoms with E-state index in [1.165, 1.54) is 16.7 Å². The van der Waals surface area contributed by atoms with Crippen molar-refractivity contribution in [2.45, 2.75) is 39.4 Å². The lowest BCUT2D eigenvalue weighted by Crippen LogP contribution is -2.52. The fourth-order valence-corrected chi connectivity index (χ4v) is 4.05. The van der Waals surface area contributed by atoms with Crippen LogP contribution >= 0.6 is 0 Å². The fourth-order valence-electron chi connectivity index (χ4n) is 4.05. The minimum absolute atomic E-state index is 0.225. The molecule has 1 N–H and O–H groups in total. The van der Waals surface area contributed by atoms with Crippen LogP contribution in [0.2, 0.25) is 0 Å². The van der Waals surface area contributed by atoms with Gasteiger partial charge in [-0.3, -0.25) is 14.5 Å². The number of aliphatic hydroxyl groups excluding tert-OH is 1. The molecule has 2 aromatic rings. The number of ether oxygens (including phenoxy) is 1. The van der Waals surface area contributed by atoms with Crippen molar-refractivity contribution in [2.75, 3.05) is 33.4 Å². The number of aryl methyl sites for hydroxylation is 3. The first-order valence-electron chi connectivity index (χ1n) is 9.70. The highest BCUT2D eigenvalue weighted by atomic mass is 16.5. The first-order valence-corrected chi connectivity index (χ1v) is 9.70. The van der Waals surface area contributed by atoms with Gasteiger partial charge in [0.15, 0.2) is 0 Å². The number of nitrogens with zero attached hydrogens (tertiary/aromatic N) is 4. The summed E-state index contributed by atoms with van der Waals surface area (Å²) in [6.45, 7) is 9.24. The molecule has 27 heavy (non-hydrogen) atoms. The third-order valence-electron chi connectivity index (χ3n) is 5.51. The molecule has 1 fully saturated rings. The molecule has 0 amide bonds. The minimum Gasteiger partial charge on any atom is -0.496 e. The number of hydrogen-bond acceptors (Lipinski definition) is 5. The summed E-state index contributed by atoms with van der Waals surface area (Å²) in [6, 6.07) is 6.77. The molecule has 0 bridgehead atoms. The standard InChI is InChI=1S/C21H32N4O2/c1-16-11-18(5-6-21(16)27-4)12-25-9-8-24(15-20(25)7-10-26)14-19-13-23(3)22-17(19)2/h5-6,11,13,20,26H,7-10,12,14-15H2,1-4H3. The monoisotopic (exact) mass is 372 g/mol. The Labute approximate surface area is 162 Å². The molecule has 1 saturated heterocycles. The van der Waals surface area contributed by atoms with Crippen molar-refractivity contribution in [3.63, 3.8) is 0 Å². The maximum absolute atomic E-state index is 9.56. The Balaban J connectivity index is 1.65. The smallest absolute Gasteiger partial charge is 0.121 e. The van der Waals surface area contributed by atoms with Crippen LogP contribution in [0.5, 0.6) is 5.75 Å². The van der Waals surface area contributed by atoms with Crippen LogP contribution in [0, 0.1) is 13.8 Å². The number of methoxy groups -OCH3 is 1. The summed E-state index contributed by atoms with van der Waals surface area (Å²) < 4.78 is 7.26. The highest BCUT2D eigenvalue weighted by Crippen LogP contribution is 2.22. The average molecular weight is 373 g/mol. The van der Waals surface area contributed by atoms with Crippen molar-refractivity contribution in [2.24, 2.45) is 7.05 Å². The molecule has 1 atom stereocenters. The van der Waals surface area contributed by atoms with Crippen molar-refractivity contribution in [3.8, 4) is 5.75 Å². The third kappa shape index (κ3) is 4.89. The maximum atomic E-state index is 9.56. The fraction of sp³-hybridized carbons (Fsp3) is 0.571. The van der Waals surface area contributed by atoms with Crippen LogP contribution in [0.3, 0.4) is 0 Å². The molecule has 1 aromatic carbocycles. The van der Waals surface area contributed by atoms with Gasteiger partial charge in [0.05, 0.1) is 12.8 Å². The van der Waals surface area contributed by atoms with Gasteiger partial charge in [-0.1, -0.05) is 12.1 Å². The van der Waals surface area contributed by atoms with Crippen LogP contribution in [0.4, 0.5) is 0 Å². The Bertz CT molecular complexity index is 759. The number of hydrogen-bond donors (Lipinski definition) is 1. The van der Waals surface area contributed by atoms with E-state index < -0.39 is 0 Å². The SMILES string of the molecule is COc1ccc(CN2CCN(Cc3cn(C)nc3C)CC2CCO)cc1C. The van der Waals surface area contributed by atoms with Crippen LogP contribution in [0.15, 0.2) is 24.4 Å². The summed E-state index contributed by atoms with van der Waals surface area (Å²) in [4.78, 5) is 4.99. The second-order valence-corrected chi connectivity index (χ2v) is 7.59. The molecule has 0 aliphatic carbocycles. The Morgan fingerprint density at radius 1 is 1.22 bits per heavy atom. The Kier molecular flexibility index (Phi) is 6.52. The Morgan fingerprint density at radius 3 is 2.67 bits per heavy atom. The van der Waals surface area contributed by atoms with Gasteiger partial charge >= 0.3 is 0 Å². The summed E-state index contributed by atoms with van der Waals surface area (Å²) in [5.41, 5.74) is 4.86. The molecule has 148 valence electrons. The van der Waals surface area contributed by atoms with E-state index in [9.17, 15) is 5.11 Å². The molecule has 1 unspecified atom stereocenters. The molecular weight excluding hydrogens is 340 g/mol. The predicted octanol–water partition coefficient (Wildman–Crippen LogP) is 2.11. The molecule has 0 spiro atoms. The van der Waals surface area contributed by atoms with E-state index in [-0.39, 0.29) is 6.61 Å². The molecular formula is C21H32N4O2. The lowest BCUT2D eigenvalue weighted by molar-refractivity contribution is 0.0498. The molecule has 1 aliphatic rings. The number of rotatable bonds is 7. The van der Waals surface area contributed by atoms with Gasteiger partial charge in [-0.25, -0.2) is 0 Å². The molecule has 1 aromatic heterocycles. The van der Waals surface area contributed by atoms with E-state index in [1.807, 2.05) is 17.8 Å². The second kappa shape index (κ2) is 8.87. The van der Waals surface area contributed by atoms with Crippen molar-refractivity contribution in [1.29, 1.82) is 0 Å². The van der Waals surface area contributed by atoms with Gasteiger partial charge in [0, 0.05) is 64.2 Å². The summed E-state index contributed by atoms with van der Waals surface area (Å²) in [6.07, 6.45) is 2.92. The third-order valence-corrected chi connectivity index (χ3v) is 5.51. The number of aromatic nitrogens is 2. The Morgan fingerprint density at radius 2 is 2.04 bits per heavy atom. The van der Waals surface area contributed by atoms with Crippen LogP contribution in [0.25, 0.3) is 0 Å². The number of benzene rings is 1. The van der Waals surface area contributed by atoms with Crippen molar-refractivity contribution >= 4 is 0 Å². The van der Waals surface area contributed by atoms with Crippen LogP contribution in [-0.2, 0) is 20.1 Å². The van der Waals surface area contributed by atoms with E-state index in [1.54, 1.807) is 7.11 Å². The molecule has 0 saturated carbocycles. The van der Waals surface area contributed by atoms with Gasteiger partial charge in [-0.15, -0.1) is 0 Å². The molecule has 1 aliphatic heterocycles. The van der Waals surface area contributed by atoms with E-state index in [0.717, 1.165) is 50.6 Å². The molecule has 2 heterocycles. The Hall–Kier alpha value is -1.89. The minimum atomic E-state index is 0.225. The second-order valence-electron chi connectivity index (χ2n) is 7.59. The summed E-state index contributed by atoms with van der Waals surface area (Å²) in [5.74, 6) is 0.933. The van der Waals surface area contributed by atoms with Crippen LogP contribution in [0.1, 0.15) is 28.8 Å². The molecule has 3 rings (SSSR count). The molecule has 6 heteroatoms. The predicted molar refractivity (Wildman–Crippen MR) is 107 cm³/mol. The highest BCUT2D eigenvalue weighted by Gasteiger charge is 2.27. The zero-order valence-electron chi connectivity index (χ0n) is 17.0. The zero-order chi connectivity index (χ0) is 19.4. The van der Waals surface area contributed by atoms with Gasteiger partial charge in [-0.05, 0) is 37.5 Å². The first kappa shape index (κ1) is 19.9. The summed E-state index contributed by atoms with van der Waals surface area (Å²) >= 11 is 0. The van der Waals surface area contributed by atoms with E-state index >= 15 is 0 Å². The topological polar surface area (TPSA) is 53.8 Å². The summed E-state index contributed by atoms with van der Waals surface area (Å²) in [7, 11) is 3.68. The van der Waals surface area contributed by atoms with Gasteiger partial charge in [0.1, 0.15) is 5.75 Å². The van der Waals surface area contributed by atoms with Crippen LogP contribution < -0.4 is 4.74 Å². The average Bonchev–Trinajstić information content (AvgIpc) is 2.95. The number of aliphatic hydroxyl groups is 1. The quantitative estimate of drug-likeness (QED) is 0.807. The summed E-state index contributed by atoms with van der Waals surface area (Å²) in [5, 5.41) is 14.0. The maximum Gasteiger partial charge on any atom is 0.121 e. The van der Waals surface area contributed by atoms with E-state index in [2.05, 4.69) is 47.1 Å². The highest BCUT2D eigenvalue weighted by molar-refractivity contribution is 5.36. The lowest BCUT2D eigenvalue weighted by Gasteiger charge is -2.41. The van der Waals surface area contributed by atoms with Gasteiger partial charge in [-0.2, -0.15) is 5.10 Å².